The lowest BCUT2D eigenvalue weighted by Crippen LogP contribution is -2.26. The maximum atomic E-state index is 5.32. The first kappa shape index (κ1) is 16.7. The van der Waals surface area contributed by atoms with E-state index in [1.807, 2.05) is 11.3 Å². The zero-order chi connectivity index (χ0) is 15.2. The molecular formula is C16H29N3OS. The summed E-state index contributed by atoms with van der Waals surface area (Å²) in [7, 11) is 1.74. The summed E-state index contributed by atoms with van der Waals surface area (Å²) in [5.74, 6) is 0. The van der Waals surface area contributed by atoms with Crippen LogP contribution in [-0.4, -0.2) is 30.7 Å². The Labute approximate surface area is 132 Å². The van der Waals surface area contributed by atoms with Crippen molar-refractivity contribution in [3.05, 3.63) is 10.6 Å². The summed E-state index contributed by atoms with van der Waals surface area (Å²) in [5, 5.41) is 4.69. The van der Waals surface area contributed by atoms with Gasteiger partial charge in [0, 0.05) is 37.2 Å². The molecular weight excluding hydrogens is 282 g/mol. The van der Waals surface area contributed by atoms with E-state index in [0.717, 1.165) is 24.8 Å². The number of rotatable bonds is 10. The van der Waals surface area contributed by atoms with Gasteiger partial charge in [-0.05, 0) is 19.3 Å². The maximum absolute atomic E-state index is 5.32. The third kappa shape index (κ3) is 4.94. The molecule has 4 nitrogen and oxygen atoms in total. The highest BCUT2D eigenvalue weighted by Crippen LogP contribution is 2.35. The number of nitrogens with zero attached hydrogens (tertiary/aromatic N) is 2. The first-order chi connectivity index (χ1) is 10.2. The molecule has 5 heteroatoms. The van der Waals surface area contributed by atoms with E-state index in [0.29, 0.717) is 12.6 Å². The van der Waals surface area contributed by atoms with E-state index >= 15 is 0 Å². The molecule has 21 heavy (non-hydrogen) atoms. The van der Waals surface area contributed by atoms with Crippen molar-refractivity contribution in [1.82, 2.24) is 10.3 Å². The average molecular weight is 311 g/mol. The second kappa shape index (κ2) is 8.11. The first-order valence-electron chi connectivity index (χ1n) is 8.13. The summed E-state index contributed by atoms with van der Waals surface area (Å²) in [6, 6.07) is 1.22. The molecule has 1 aromatic rings. The Kier molecular flexibility index (Phi) is 6.45. The molecule has 1 saturated carbocycles. The summed E-state index contributed by atoms with van der Waals surface area (Å²) in [6.45, 7) is 9.24. The maximum Gasteiger partial charge on any atom is 0.186 e. The second-order valence-electron chi connectivity index (χ2n) is 6.11. The highest BCUT2D eigenvalue weighted by Gasteiger charge is 2.31. The van der Waals surface area contributed by atoms with Gasteiger partial charge in [0.05, 0.1) is 12.3 Å². The van der Waals surface area contributed by atoms with Crippen LogP contribution in [0.5, 0.6) is 0 Å². The molecule has 0 bridgehead atoms. The molecule has 0 spiro atoms. The van der Waals surface area contributed by atoms with Gasteiger partial charge < -0.3 is 15.0 Å². The average Bonchev–Trinajstić information content (AvgIpc) is 3.20. The van der Waals surface area contributed by atoms with Crippen molar-refractivity contribution in [3.63, 3.8) is 0 Å². The highest BCUT2D eigenvalue weighted by atomic mass is 32.1. The molecule has 0 radical (unpaired) electrons. The third-order valence-electron chi connectivity index (χ3n) is 3.70. The molecule has 0 aliphatic heterocycles. The SMILES string of the molecule is CCCCN(c1nc(COC)c(CNC(C)C)s1)C1CC1. The number of hydrogen-bond acceptors (Lipinski definition) is 5. The van der Waals surface area contributed by atoms with Crippen LogP contribution in [0, 0.1) is 0 Å². The van der Waals surface area contributed by atoms with E-state index in [1.54, 1.807) is 7.11 Å². The Morgan fingerprint density at radius 1 is 1.43 bits per heavy atom. The highest BCUT2D eigenvalue weighted by molar-refractivity contribution is 7.15. The van der Waals surface area contributed by atoms with Crippen LogP contribution in [0.4, 0.5) is 5.13 Å². The molecule has 120 valence electrons. The van der Waals surface area contributed by atoms with Gasteiger partial charge in [0.2, 0.25) is 0 Å². The molecule has 1 N–H and O–H groups in total. The Morgan fingerprint density at radius 2 is 2.19 bits per heavy atom. The number of unbranched alkanes of at least 4 members (excludes halogenated alkanes) is 1. The summed E-state index contributed by atoms with van der Waals surface area (Å²) >= 11 is 1.84. The van der Waals surface area contributed by atoms with Crippen molar-refractivity contribution >= 4 is 16.5 Å². The lowest BCUT2D eigenvalue weighted by atomic mass is 10.3. The quantitative estimate of drug-likeness (QED) is 0.717. The molecule has 0 saturated heterocycles. The van der Waals surface area contributed by atoms with Crippen LogP contribution in [0.2, 0.25) is 0 Å². The molecule has 1 aromatic heterocycles. The molecule has 2 rings (SSSR count). The van der Waals surface area contributed by atoms with Gasteiger partial charge in [-0.25, -0.2) is 4.98 Å². The summed E-state index contributed by atoms with van der Waals surface area (Å²) in [5.41, 5.74) is 1.10. The second-order valence-corrected chi connectivity index (χ2v) is 7.18. The van der Waals surface area contributed by atoms with Gasteiger partial charge in [-0.15, -0.1) is 11.3 Å². The largest absolute Gasteiger partial charge is 0.378 e. The van der Waals surface area contributed by atoms with Gasteiger partial charge in [0.25, 0.3) is 0 Å². The molecule has 0 aromatic carbocycles. The summed E-state index contributed by atoms with van der Waals surface area (Å²) in [6.07, 6.45) is 5.13. The third-order valence-corrected chi connectivity index (χ3v) is 4.84. The van der Waals surface area contributed by atoms with Crippen LogP contribution in [0.25, 0.3) is 0 Å². The molecule has 0 amide bonds. The van der Waals surface area contributed by atoms with Gasteiger partial charge in [0.1, 0.15) is 0 Å². The number of aromatic nitrogens is 1. The Morgan fingerprint density at radius 3 is 2.76 bits per heavy atom. The van der Waals surface area contributed by atoms with Crippen molar-refractivity contribution < 1.29 is 4.74 Å². The summed E-state index contributed by atoms with van der Waals surface area (Å²) < 4.78 is 5.32. The number of anilines is 1. The fourth-order valence-electron chi connectivity index (χ4n) is 2.33. The van der Waals surface area contributed by atoms with Crippen LogP contribution >= 0.6 is 11.3 Å². The zero-order valence-electron chi connectivity index (χ0n) is 13.8. The van der Waals surface area contributed by atoms with Crippen LogP contribution < -0.4 is 10.2 Å². The predicted molar refractivity (Wildman–Crippen MR) is 90.1 cm³/mol. The van der Waals surface area contributed by atoms with Crippen LogP contribution in [0.1, 0.15) is 57.0 Å². The molecule has 1 aliphatic carbocycles. The molecule has 1 fully saturated rings. The van der Waals surface area contributed by atoms with Crippen molar-refractivity contribution in [2.45, 2.75) is 71.7 Å². The number of thiazole rings is 1. The fraction of sp³-hybridized carbons (Fsp3) is 0.812. The minimum absolute atomic E-state index is 0.491. The minimum atomic E-state index is 0.491. The van der Waals surface area contributed by atoms with Gasteiger partial charge in [-0.2, -0.15) is 0 Å². The van der Waals surface area contributed by atoms with Crippen molar-refractivity contribution in [2.24, 2.45) is 0 Å². The minimum Gasteiger partial charge on any atom is -0.378 e. The zero-order valence-corrected chi connectivity index (χ0v) is 14.6. The predicted octanol–water partition coefficient (Wildman–Crippen LogP) is 3.56. The van der Waals surface area contributed by atoms with Crippen LogP contribution in [0.15, 0.2) is 0 Å². The number of ether oxygens (including phenoxy) is 1. The Balaban J connectivity index is 2.11. The lowest BCUT2D eigenvalue weighted by Gasteiger charge is -2.21. The molecule has 0 atom stereocenters. The van der Waals surface area contributed by atoms with Crippen LogP contribution in [-0.2, 0) is 17.9 Å². The van der Waals surface area contributed by atoms with Gasteiger partial charge in [-0.1, -0.05) is 27.2 Å². The van der Waals surface area contributed by atoms with E-state index in [4.69, 9.17) is 9.72 Å². The van der Waals surface area contributed by atoms with Crippen LogP contribution in [0.3, 0.4) is 0 Å². The van der Waals surface area contributed by atoms with Crippen molar-refractivity contribution in [2.75, 3.05) is 18.6 Å². The molecule has 1 heterocycles. The summed E-state index contributed by atoms with van der Waals surface area (Å²) in [4.78, 5) is 8.71. The standard InChI is InChI=1S/C16H29N3OS/c1-5-6-9-19(13-7-8-13)16-18-14(11-20-4)15(21-16)10-17-12(2)3/h12-13,17H,5-11H2,1-4H3. The smallest absolute Gasteiger partial charge is 0.186 e. The van der Waals surface area contributed by atoms with E-state index < -0.39 is 0 Å². The topological polar surface area (TPSA) is 37.4 Å². The first-order valence-corrected chi connectivity index (χ1v) is 8.94. The van der Waals surface area contributed by atoms with E-state index in [-0.39, 0.29) is 0 Å². The lowest BCUT2D eigenvalue weighted by molar-refractivity contribution is 0.181. The van der Waals surface area contributed by atoms with Gasteiger partial charge in [0.15, 0.2) is 5.13 Å². The van der Waals surface area contributed by atoms with Gasteiger partial charge in [-0.3, -0.25) is 0 Å². The molecule has 0 unspecified atom stereocenters. The van der Waals surface area contributed by atoms with Gasteiger partial charge >= 0.3 is 0 Å². The van der Waals surface area contributed by atoms with E-state index in [2.05, 4.69) is 31.0 Å². The Bertz CT molecular complexity index is 429. The number of nitrogens with one attached hydrogen (secondary N) is 1. The number of methoxy groups -OCH3 is 1. The van der Waals surface area contributed by atoms with Crippen molar-refractivity contribution in [3.8, 4) is 0 Å². The molecule has 1 aliphatic rings. The monoisotopic (exact) mass is 311 g/mol. The van der Waals surface area contributed by atoms with Crippen molar-refractivity contribution in [1.29, 1.82) is 0 Å². The normalized spacial score (nSPS) is 14.9. The fourth-order valence-corrected chi connectivity index (χ4v) is 3.44. The Hall–Kier alpha value is -0.650. The van der Waals surface area contributed by atoms with E-state index in [9.17, 15) is 0 Å². The van der Waals surface area contributed by atoms with E-state index in [1.165, 1.54) is 35.7 Å². The number of hydrogen-bond donors (Lipinski definition) is 1.